The first-order valence-electron chi connectivity index (χ1n) is 7.05. The van der Waals surface area contributed by atoms with E-state index in [1.54, 1.807) is 24.3 Å². The molecular weight excluding hydrogens is 254 g/mol. The zero-order chi connectivity index (χ0) is 14.8. The summed E-state index contributed by atoms with van der Waals surface area (Å²) in [5, 5.41) is 9.11. The normalized spacial score (nSPS) is 13.2. The molecule has 0 aliphatic carbocycles. The Labute approximate surface area is 120 Å². The fraction of sp³-hybridized carbons (Fsp3) is 0.500. The molecule has 108 valence electrons. The van der Waals surface area contributed by atoms with Crippen molar-refractivity contribution in [2.45, 2.75) is 45.6 Å². The second-order valence-corrected chi connectivity index (χ2v) is 4.66. The van der Waals surface area contributed by atoms with Crippen LogP contribution in [0.3, 0.4) is 0 Å². The first-order chi connectivity index (χ1) is 9.72. The van der Waals surface area contributed by atoms with Gasteiger partial charge in [0.25, 0.3) is 0 Å². The minimum atomic E-state index is -0.528. The first-order valence-corrected chi connectivity index (χ1v) is 7.05. The van der Waals surface area contributed by atoms with Gasteiger partial charge >= 0.3 is 5.97 Å². The summed E-state index contributed by atoms with van der Waals surface area (Å²) in [7, 11) is 0. The summed E-state index contributed by atoms with van der Waals surface area (Å²) in [5.74, 6) is -0.787. The Morgan fingerprint density at radius 1 is 1.30 bits per heavy atom. The monoisotopic (exact) mass is 275 g/mol. The predicted molar refractivity (Wildman–Crippen MR) is 75.6 cm³/mol. The van der Waals surface area contributed by atoms with E-state index in [-0.39, 0.29) is 12.0 Å². The Bertz CT molecular complexity index is 439. The molecule has 0 saturated carbocycles. The molecule has 0 amide bonds. The number of rotatable bonds is 8. The molecule has 2 unspecified atom stereocenters. The summed E-state index contributed by atoms with van der Waals surface area (Å²) < 4.78 is 0. The van der Waals surface area contributed by atoms with E-state index in [2.05, 4.69) is 13.0 Å². The van der Waals surface area contributed by atoms with Gasteiger partial charge in [-0.3, -0.25) is 4.89 Å². The van der Waals surface area contributed by atoms with Crippen LogP contribution in [-0.2, 0) is 9.78 Å². The predicted octanol–water partition coefficient (Wildman–Crippen LogP) is 3.88. The zero-order valence-corrected chi connectivity index (χ0v) is 12.0. The molecule has 1 rings (SSSR count). The van der Waals surface area contributed by atoms with Crippen LogP contribution in [0.25, 0.3) is 0 Å². The number of nitrogens with zero attached hydrogens (tertiary/aromatic N) is 1. The van der Waals surface area contributed by atoms with E-state index in [4.69, 9.17) is 15.0 Å². The fourth-order valence-corrected chi connectivity index (χ4v) is 1.89. The summed E-state index contributed by atoms with van der Waals surface area (Å²) in [6.45, 7) is 4.00. The summed E-state index contributed by atoms with van der Waals surface area (Å²) in [4.78, 5) is 21.9. The van der Waals surface area contributed by atoms with Gasteiger partial charge in [0.05, 0.1) is 17.6 Å². The van der Waals surface area contributed by atoms with Crippen molar-refractivity contribution in [1.29, 1.82) is 5.26 Å². The lowest BCUT2D eigenvalue weighted by atomic mass is 9.97. The van der Waals surface area contributed by atoms with E-state index in [1.165, 1.54) is 0 Å². The molecular formula is C16H21NO3. The van der Waals surface area contributed by atoms with Crippen molar-refractivity contribution in [3.8, 4) is 6.07 Å². The molecule has 0 aliphatic heterocycles. The number of benzene rings is 1. The van der Waals surface area contributed by atoms with E-state index in [1.807, 2.05) is 13.0 Å². The molecule has 0 saturated heterocycles. The van der Waals surface area contributed by atoms with Crippen LogP contribution in [0.15, 0.2) is 30.3 Å². The van der Waals surface area contributed by atoms with Gasteiger partial charge in [0.15, 0.2) is 0 Å². The van der Waals surface area contributed by atoms with Gasteiger partial charge in [-0.15, -0.1) is 0 Å². The molecule has 2 atom stereocenters. The van der Waals surface area contributed by atoms with Crippen LogP contribution in [0, 0.1) is 17.2 Å². The van der Waals surface area contributed by atoms with Crippen molar-refractivity contribution in [1.82, 2.24) is 0 Å². The summed E-state index contributed by atoms with van der Waals surface area (Å²) in [6.07, 6.45) is 2.97. The van der Waals surface area contributed by atoms with Gasteiger partial charge in [-0.2, -0.15) is 10.1 Å². The van der Waals surface area contributed by atoms with Crippen molar-refractivity contribution in [3.05, 3.63) is 35.9 Å². The van der Waals surface area contributed by atoms with Crippen LogP contribution in [0.5, 0.6) is 0 Å². The maximum atomic E-state index is 11.8. The quantitative estimate of drug-likeness (QED) is 0.533. The molecule has 4 nitrogen and oxygen atoms in total. The van der Waals surface area contributed by atoms with Gasteiger partial charge in [0, 0.05) is 0 Å². The van der Waals surface area contributed by atoms with Crippen molar-refractivity contribution in [3.63, 3.8) is 0 Å². The highest BCUT2D eigenvalue weighted by Crippen LogP contribution is 2.18. The Kier molecular flexibility index (Phi) is 7.38. The second kappa shape index (κ2) is 9.11. The van der Waals surface area contributed by atoms with E-state index in [0.29, 0.717) is 18.4 Å². The first kappa shape index (κ1) is 16.2. The number of nitriles is 1. The third kappa shape index (κ3) is 5.02. The van der Waals surface area contributed by atoms with Gasteiger partial charge in [0.1, 0.15) is 6.10 Å². The van der Waals surface area contributed by atoms with Crippen molar-refractivity contribution >= 4 is 5.97 Å². The minimum Gasteiger partial charge on any atom is -0.292 e. The van der Waals surface area contributed by atoms with Crippen molar-refractivity contribution in [2.24, 2.45) is 5.92 Å². The molecule has 4 heteroatoms. The molecule has 0 radical (unpaired) electrons. The molecule has 0 bridgehead atoms. The molecule has 0 N–H and O–H groups in total. The van der Waals surface area contributed by atoms with Crippen molar-refractivity contribution in [2.75, 3.05) is 0 Å². The molecule has 1 aromatic carbocycles. The summed E-state index contributed by atoms with van der Waals surface area (Å²) in [5.41, 5.74) is 0.437. The van der Waals surface area contributed by atoms with Crippen LogP contribution >= 0.6 is 0 Å². The smallest absolute Gasteiger partial charge is 0.292 e. The van der Waals surface area contributed by atoms with Crippen LogP contribution < -0.4 is 0 Å². The van der Waals surface area contributed by atoms with Crippen LogP contribution in [0.4, 0.5) is 0 Å². The van der Waals surface area contributed by atoms with Crippen LogP contribution in [-0.4, -0.2) is 12.1 Å². The van der Waals surface area contributed by atoms with Gasteiger partial charge in [-0.05, 0) is 25.0 Å². The van der Waals surface area contributed by atoms with Gasteiger partial charge in [-0.1, -0.05) is 44.9 Å². The number of unbranched alkanes of at least 4 members (excludes halogenated alkanes) is 1. The lowest BCUT2D eigenvalue weighted by Crippen LogP contribution is -2.24. The lowest BCUT2D eigenvalue weighted by Gasteiger charge is -2.19. The summed E-state index contributed by atoms with van der Waals surface area (Å²) >= 11 is 0. The number of hydrogen-bond donors (Lipinski definition) is 0. The van der Waals surface area contributed by atoms with E-state index in [9.17, 15) is 4.79 Å². The summed E-state index contributed by atoms with van der Waals surface area (Å²) in [6, 6.07) is 10.9. The Balaban J connectivity index is 2.57. The highest BCUT2D eigenvalue weighted by atomic mass is 17.2. The molecule has 20 heavy (non-hydrogen) atoms. The Morgan fingerprint density at radius 2 is 2.00 bits per heavy atom. The standard InChI is InChI=1S/C16H21NO3/c1-3-5-11-15(13(4-2)12-17)19-20-16(18)14-9-7-6-8-10-14/h6-10,13,15H,3-5,11H2,1-2H3. The maximum absolute atomic E-state index is 11.8. The third-order valence-electron chi connectivity index (χ3n) is 3.15. The molecule has 0 aliphatic rings. The molecule has 0 spiro atoms. The van der Waals surface area contributed by atoms with Gasteiger partial charge in [-0.25, -0.2) is 4.79 Å². The Hall–Kier alpha value is -1.86. The highest BCUT2D eigenvalue weighted by molar-refractivity contribution is 5.88. The topological polar surface area (TPSA) is 59.3 Å². The number of carbonyl (C=O) groups excluding carboxylic acids is 1. The van der Waals surface area contributed by atoms with E-state index >= 15 is 0 Å². The molecule has 1 aromatic rings. The van der Waals surface area contributed by atoms with E-state index in [0.717, 1.165) is 12.8 Å². The average molecular weight is 275 g/mol. The third-order valence-corrected chi connectivity index (χ3v) is 3.15. The van der Waals surface area contributed by atoms with Gasteiger partial charge in [0.2, 0.25) is 0 Å². The largest absolute Gasteiger partial charge is 0.373 e. The number of carbonyl (C=O) groups is 1. The molecule has 0 aromatic heterocycles. The second-order valence-electron chi connectivity index (χ2n) is 4.66. The van der Waals surface area contributed by atoms with Crippen molar-refractivity contribution < 1.29 is 14.6 Å². The number of hydrogen-bond acceptors (Lipinski definition) is 4. The van der Waals surface area contributed by atoms with Gasteiger partial charge < -0.3 is 0 Å². The zero-order valence-electron chi connectivity index (χ0n) is 12.0. The van der Waals surface area contributed by atoms with Crippen LogP contribution in [0.1, 0.15) is 49.9 Å². The SMILES string of the molecule is CCCCC(OOC(=O)c1ccccc1)C(C#N)CC. The molecule has 0 fully saturated rings. The van der Waals surface area contributed by atoms with Crippen LogP contribution in [0.2, 0.25) is 0 Å². The Morgan fingerprint density at radius 3 is 2.55 bits per heavy atom. The maximum Gasteiger partial charge on any atom is 0.373 e. The lowest BCUT2D eigenvalue weighted by molar-refractivity contribution is -0.283. The average Bonchev–Trinajstić information content (AvgIpc) is 2.50. The minimum absolute atomic E-state index is 0.259. The van der Waals surface area contributed by atoms with E-state index < -0.39 is 5.97 Å². The fourth-order valence-electron chi connectivity index (χ4n) is 1.89. The molecule has 0 heterocycles. The highest BCUT2D eigenvalue weighted by Gasteiger charge is 2.23.